The highest BCUT2D eigenvalue weighted by atomic mass is 35.5. The predicted molar refractivity (Wildman–Crippen MR) is 81.2 cm³/mol. The van der Waals surface area contributed by atoms with Crippen LogP contribution in [0.25, 0.3) is 0 Å². The van der Waals surface area contributed by atoms with Gasteiger partial charge in [0.25, 0.3) is 0 Å². The van der Waals surface area contributed by atoms with E-state index in [0.717, 1.165) is 16.8 Å². The largest absolute Gasteiger partial charge is 0.494 e. The second kappa shape index (κ2) is 6.14. The van der Waals surface area contributed by atoms with Gasteiger partial charge in [-0.25, -0.2) is 4.39 Å². The molecule has 1 atom stereocenters. The van der Waals surface area contributed by atoms with Crippen LogP contribution >= 0.6 is 11.6 Å². The number of halogens is 2. The standard InChI is InChI=1S/C16H17ClFNO/c1-10-8-13(17)5-7-15(10)19-11(2)12-4-6-14(18)16(9-12)20-3/h4-9,11,19H,1-3H3. The summed E-state index contributed by atoms with van der Waals surface area (Å²) in [4.78, 5) is 0. The van der Waals surface area contributed by atoms with Gasteiger partial charge < -0.3 is 10.1 Å². The van der Waals surface area contributed by atoms with Crippen molar-refractivity contribution in [2.45, 2.75) is 19.9 Å². The van der Waals surface area contributed by atoms with E-state index in [1.807, 2.05) is 32.0 Å². The Morgan fingerprint density at radius 2 is 1.95 bits per heavy atom. The zero-order valence-electron chi connectivity index (χ0n) is 11.7. The van der Waals surface area contributed by atoms with Gasteiger partial charge in [-0.15, -0.1) is 0 Å². The molecule has 0 spiro atoms. The number of methoxy groups -OCH3 is 1. The fourth-order valence-corrected chi connectivity index (χ4v) is 2.28. The quantitative estimate of drug-likeness (QED) is 0.859. The molecular weight excluding hydrogens is 277 g/mol. The lowest BCUT2D eigenvalue weighted by Gasteiger charge is -2.18. The number of anilines is 1. The van der Waals surface area contributed by atoms with E-state index in [9.17, 15) is 4.39 Å². The van der Waals surface area contributed by atoms with E-state index >= 15 is 0 Å². The molecule has 1 N–H and O–H groups in total. The SMILES string of the molecule is COc1cc(C(C)Nc2ccc(Cl)cc2C)ccc1F. The van der Waals surface area contributed by atoms with Crippen molar-refractivity contribution < 1.29 is 9.13 Å². The summed E-state index contributed by atoms with van der Waals surface area (Å²) in [6.07, 6.45) is 0. The summed E-state index contributed by atoms with van der Waals surface area (Å²) in [5.41, 5.74) is 3.03. The van der Waals surface area contributed by atoms with Gasteiger partial charge in [0.2, 0.25) is 0 Å². The van der Waals surface area contributed by atoms with E-state index in [1.54, 1.807) is 12.1 Å². The van der Waals surface area contributed by atoms with E-state index in [-0.39, 0.29) is 17.6 Å². The molecule has 0 aliphatic rings. The van der Waals surface area contributed by atoms with Gasteiger partial charge in [0.15, 0.2) is 11.6 Å². The van der Waals surface area contributed by atoms with Crippen LogP contribution in [0.1, 0.15) is 24.1 Å². The van der Waals surface area contributed by atoms with Crippen LogP contribution in [-0.2, 0) is 0 Å². The van der Waals surface area contributed by atoms with Crippen LogP contribution in [0.15, 0.2) is 36.4 Å². The molecule has 4 heteroatoms. The number of hydrogen-bond donors (Lipinski definition) is 1. The molecule has 2 nitrogen and oxygen atoms in total. The maximum Gasteiger partial charge on any atom is 0.165 e. The predicted octanol–water partition coefficient (Wildman–Crippen LogP) is 4.97. The van der Waals surface area contributed by atoms with Gasteiger partial charge in [-0.1, -0.05) is 17.7 Å². The Labute approximate surface area is 123 Å². The van der Waals surface area contributed by atoms with Crippen molar-refractivity contribution in [2.75, 3.05) is 12.4 Å². The summed E-state index contributed by atoms with van der Waals surface area (Å²) in [6, 6.07) is 10.6. The van der Waals surface area contributed by atoms with Crippen LogP contribution in [0.2, 0.25) is 5.02 Å². The average Bonchev–Trinajstić information content (AvgIpc) is 2.42. The number of nitrogens with one attached hydrogen (secondary N) is 1. The number of ether oxygens (including phenoxy) is 1. The van der Waals surface area contributed by atoms with Gasteiger partial charge >= 0.3 is 0 Å². The zero-order chi connectivity index (χ0) is 14.7. The Morgan fingerprint density at radius 3 is 2.60 bits per heavy atom. The minimum absolute atomic E-state index is 0.0318. The molecule has 20 heavy (non-hydrogen) atoms. The fourth-order valence-electron chi connectivity index (χ4n) is 2.05. The van der Waals surface area contributed by atoms with Crippen molar-refractivity contribution in [1.29, 1.82) is 0 Å². The second-order valence-electron chi connectivity index (χ2n) is 4.72. The summed E-state index contributed by atoms with van der Waals surface area (Å²) >= 11 is 5.94. The first-order chi connectivity index (χ1) is 9.51. The summed E-state index contributed by atoms with van der Waals surface area (Å²) in [7, 11) is 1.46. The van der Waals surface area contributed by atoms with E-state index in [2.05, 4.69) is 5.32 Å². The molecule has 0 saturated carbocycles. The van der Waals surface area contributed by atoms with Crippen LogP contribution in [0.3, 0.4) is 0 Å². The molecule has 2 aromatic rings. The smallest absolute Gasteiger partial charge is 0.165 e. The lowest BCUT2D eigenvalue weighted by atomic mass is 10.1. The van der Waals surface area contributed by atoms with Gasteiger partial charge in [0, 0.05) is 16.8 Å². The molecule has 0 aliphatic carbocycles. The third-order valence-corrected chi connectivity index (χ3v) is 3.47. The molecule has 106 valence electrons. The van der Waals surface area contributed by atoms with Crippen LogP contribution in [0.5, 0.6) is 5.75 Å². The van der Waals surface area contributed by atoms with Gasteiger partial charge in [0.1, 0.15) is 0 Å². The monoisotopic (exact) mass is 293 g/mol. The van der Waals surface area contributed by atoms with Crippen molar-refractivity contribution in [3.63, 3.8) is 0 Å². The highest BCUT2D eigenvalue weighted by Gasteiger charge is 2.10. The first-order valence-electron chi connectivity index (χ1n) is 6.37. The summed E-state index contributed by atoms with van der Waals surface area (Å²) in [5, 5.41) is 4.10. The van der Waals surface area contributed by atoms with Gasteiger partial charge in [-0.05, 0) is 55.3 Å². The van der Waals surface area contributed by atoms with Crippen LogP contribution in [0.4, 0.5) is 10.1 Å². The first kappa shape index (κ1) is 14.7. The Hall–Kier alpha value is -1.74. The molecule has 2 aromatic carbocycles. The molecule has 0 saturated heterocycles. The summed E-state index contributed by atoms with van der Waals surface area (Å²) in [5.74, 6) is -0.102. The molecule has 0 aromatic heterocycles. The van der Waals surface area contributed by atoms with E-state index in [4.69, 9.17) is 16.3 Å². The normalized spacial score (nSPS) is 12.1. The highest BCUT2D eigenvalue weighted by molar-refractivity contribution is 6.30. The molecule has 0 fully saturated rings. The van der Waals surface area contributed by atoms with Crippen molar-refractivity contribution in [1.82, 2.24) is 0 Å². The molecular formula is C16H17ClFNO. The molecule has 0 aliphatic heterocycles. The molecule has 0 heterocycles. The van der Waals surface area contributed by atoms with Crippen LogP contribution < -0.4 is 10.1 Å². The topological polar surface area (TPSA) is 21.3 Å². The number of benzene rings is 2. The maximum absolute atomic E-state index is 13.4. The second-order valence-corrected chi connectivity index (χ2v) is 5.16. The Morgan fingerprint density at radius 1 is 1.20 bits per heavy atom. The molecule has 1 unspecified atom stereocenters. The summed E-state index contributed by atoms with van der Waals surface area (Å²) < 4.78 is 18.4. The van der Waals surface area contributed by atoms with Crippen LogP contribution in [0, 0.1) is 12.7 Å². The van der Waals surface area contributed by atoms with E-state index in [0.29, 0.717) is 5.02 Å². The number of aryl methyl sites for hydroxylation is 1. The fraction of sp³-hybridized carbons (Fsp3) is 0.250. The van der Waals surface area contributed by atoms with E-state index < -0.39 is 0 Å². The van der Waals surface area contributed by atoms with Crippen molar-refractivity contribution in [3.05, 3.63) is 58.4 Å². The molecule has 0 amide bonds. The molecule has 0 radical (unpaired) electrons. The van der Waals surface area contributed by atoms with Gasteiger partial charge in [-0.2, -0.15) is 0 Å². The average molecular weight is 294 g/mol. The lowest BCUT2D eigenvalue weighted by molar-refractivity contribution is 0.385. The third-order valence-electron chi connectivity index (χ3n) is 3.24. The number of rotatable bonds is 4. The summed E-state index contributed by atoms with van der Waals surface area (Å²) in [6.45, 7) is 4.01. The maximum atomic E-state index is 13.4. The highest BCUT2D eigenvalue weighted by Crippen LogP contribution is 2.27. The van der Waals surface area contributed by atoms with E-state index in [1.165, 1.54) is 13.2 Å². The first-order valence-corrected chi connectivity index (χ1v) is 6.75. The van der Waals surface area contributed by atoms with Crippen molar-refractivity contribution in [3.8, 4) is 5.75 Å². The van der Waals surface area contributed by atoms with Gasteiger partial charge in [-0.3, -0.25) is 0 Å². The van der Waals surface area contributed by atoms with Gasteiger partial charge in [0.05, 0.1) is 7.11 Å². The lowest BCUT2D eigenvalue weighted by Crippen LogP contribution is -2.08. The Bertz CT molecular complexity index is 615. The third kappa shape index (κ3) is 3.23. The Balaban J connectivity index is 2.21. The zero-order valence-corrected chi connectivity index (χ0v) is 12.5. The van der Waals surface area contributed by atoms with Crippen molar-refractivity contribution >= 4 is 17.3 Å². The minimum Gasteiger partial charge on any atom is -0.494 e. The molecule has 0 bridgehead atoms. The van der Waals surface area contributed by atoms with Crippen molar-refractivity contribution in [2.24, 2.45) is 0 Å². The molecule has 2 rings (SSSR count). The Kier molecular flexibility index (Phi) is 4.50. The van der Waals surface area contributed by atoms with Crippen LogP contribution in [-0.4, -0.2) is 7.11 Å². The minimum atomic E-state index is -0.355. The number of hydrogen-bond acceptors (Lipinski definition) is 2.